The second-order valence-electron chi connectivity index (χ2n) is 2.10. The van der Waals surface area contributed by atoms with E-state index >= 15 is 0 Å². The molecule has 0 N–H and O–H groups in total. The van der Waals surface area contributed by atoms with E-state index in [1.807, 2.05) is 24.3 Å². The van der Waals surface area contributed by atoms with Gasteiger partial charge in [0.15, 0.2) is 0 Å². The molecule has 0 fully saturated rings. The van der Waals surface area contributed by atoms with Gasteiger partial charge in [0, 0.05) is 0 Å². The van der Waals surface area contributed by atoms with Gasteiger partial charge in [0.2, 0.25) is 0 Å². The highest BCUT2D eigenvalue weighted by molar-refractivity contribution is 5.12. The molecular weight excluding hydrogens is 120 g/mol. The Morgan fingerprint density at radius 1 is 0.900 bits per heavy atom. The summed E-state index contributed by atoms with van der Waals surface area (Å²) in [5.74, 6) is 0. The zero-order valence-electron chi connectivity index (χ0n) is 5.96. The first-order valence-electron chi connectivity index (χ1n) is 3.53. The molecule has 0 heteroatoms. The van der Waals surface area contributed by atoms with Crippen LogP contribution in [0.15, 0.2) is 42.5 Å². The van der Waals surface area contributed by atoms with E-state index in [1.165, 1.54) is 0 Å². The summed E-state index contributed by atoms with van der Waals surface area (Å²) < 4.78 is 0. The average Bonchev–Trinajstić information content (AvgIpc) is 2.01. The van der Waals surface area contributed by atoms with Crippen LogP contribution in [0.4, 0.5) is 0 Å². The van der Waals surface area contributed by atoms with Crippen molar-refractivity contribution in [2.45, 2.75) is 12.8 Å². The standard InChI is InChI=1S/C10H11/c1-2-4-6-8-10-9-7-5-3-1/h1-5,8,10H,6,9H2/b3-1-,4-2-,7-5?,10-8-. The van der Waals surface area contributed by atoms with Gasteiger partial charge in [0.1, 0.15) is 0 Å². The first-order chi connectivity index (χ1) is 5.00. The van der Waals surface area contributed by atoms with Crippen LogP contribution in [-0.4, -0.2) is 0 Å². The summed E-state index contributed by atoms with van der Waals surface area (Å²) in [6.07, 6.45) is 19.5. The van der Waals surface area contributed by atoms with Crippen molar-refractivity contribution in [3.63, 3.8) is 0 Å². The van der Waals surface area contributed by atoms with Gasteiger partial charge < -0.3 is 0 Å². The second-order valence-corrected chi connectivity index (χ2v) is 2.10. The van der Waals surface area contributed by atoms with Gasteiger partial charge in [0.25, 0.3) is 0 Å². The van der Waals surface area contributed by atoms with E-state index in [1.54, 1.807) is 0 Å². The van der Waals surface area contributed by atoms with E-state index in [9.17, 15) is 0 Å². The summed E-state index contributed by atoms with van der Waals surface area (Å²) >= 11 is 0. The van der Waals surface area contributed by atoms with Gasteiger partial charge in [-0.3, -0.25) is 0 Å². The zero-order valence-corrected chi connectivity index (χ0v) is 5.96. The van der Waals surface area contributed by atoms with Crippen LogP contribution in [0, 0.1) is 6.08 Å². The first-order valence-corrected chi connectivity index (χ1v) is 3.53. The summed E-state index contributed by atoms with van der Waals surface area (Å²) in [5.41, 5.74) is 0. The van der Waals surface area contributed by atoms with Gasteiger partial charge in [0.05, 0.1) is 0 Å². The third-order valence-electron chi connectivity index (χ3n) is 1.25. The lowest BCUT2D eigenvalue weighted by atomic mass is 10.2. The maximum Gasteiger partial charge on any atom is -0.00945 e. The van der Waals surface area contributed by atoms with Crippen LogP contribution in [0.1, 0.15) is 12.8 Å². The number of hydrogen-bond acceptors (Lipinski definition) is 0. The van der Waals surface area contributed by atoms with Gasteiger partial charge in [-0.15, -0.1) is 0 Å². The lowest BCUT2D eigenvalue weighted by Gasteiger charge is -1.83. The fraction of sp³-hybridized carbons (Fsp3) is 0.200. The van der Waals surface area contributed by atoms with Gasteiger partial charge >= 0.3 is 0 Å². The van der Waals surface area contributed by atoms with Crippen molar-refractivity contribution in [3.05, 3.63) is 48.6 Å². The summed E-state index contributed by atoms with van der Waals surface area (Å²) in [6.45, 7) is 0. The topological polar surface area (TPSA) is 0 Å². The molecule has 0 unspecified atom stereocenters. The molecule has 0 atom stereocenters. The molecule has 0 aromatic carbocycles. The van der Waals surface area contributed by atoms with Crippen LogP contribution < -0.4 is 0 Å². The molecular formula is C10H11. The van der Waals surface area contributed by atoms with Crippen LogP contribution in [0.2, 0.25) is 0 Å². The molecule has 1 radical (unpaired) electrons. The first kappa shape index (κ1) is 7.07. The predicted octanol–water partition coefficient (Wildman–Crippen LogP) is 2.81. The van der Waals surface area contributed by atoms with Gasteiger partial charge in [-0.1, -0.05) is 42.5 Å². The number of allylic oxidation sites excluding steroid dienone is 8. The maximum absolute atomic E-state index is 3.12. The molecule has 10 heavy (non-hydrogen) atoms. The molecule has 1 aliphatic carbocycles. The zero-order chi connectivity index (χ0) is 7.07. The Bertz CT molecular complexity index is 160. The average molecular weight is 131 g/mol. The third-order valence-corrected chi connectivity index (χ3v) is 1.25. The largest absolute Gasteiger partial charge is 0.0844 e. The molecule has 0 aromatic heterocycles. The smallest absolute Gasteiger partial charge is 0.00945 e. The molecule has 0 amide bonds. The molecule has 0 nitrogen and oxygen atoms in total. The minimum absolute atomic E-state index is 0.929. The highest BCUT2D eigenvalue weighted by Gasteiger charge is 1.73. The molecule has 51 valence electrons. The molecule has 0 bridgehead atoms. The summed E-state index contributed by atoms with van der Waals surface area (Å²) in [5, 5.41) is 0. The molecule has 1 rings (SSSR count). The molecule has 0 saturated carbocycles. The summed E-state index contributed by atoms with van der Waals surface area (Å²) in [7, 11) is 0. The van der Waals surface area contributed by atoms with Crippen LogP contribution in [0.3, 0.4) is 0 Å². The van der Waals surface area contributed by atoms with Crippen LogP contribution in [0.25, 0.3) is 0 Å². The van der Waals surface area contributed by atoms with Gasteiger partial charge in [-0.25, -0.2) is 0 Å². The van der Waals surface area contributed by atoms with Crippen LogP contribution >= 0.6 is 0 Å². The second kappa shape index (κ2) is 4.80. The number of rotatable bonds is 0. The van der Waals surface area contributed by atoms with Crippen molar-refractivity contribution in [1.29, 1.82) is 0 Å². The fourth-order valence-corrected chi connectivity index (χ4v) is 0.739. The Kier molecular flexibility index (Phi) is 3.40. The summed E-state index contributed by atoms with van der Waals surface area (Å²) in [6, 6.07) is 0. The molecule has 0 aromatic rings. The summed E-state index contributed by atoms with van der Waals surface area (Å²) in [4.78, 5) is 0. The van der Waals surface area contributed by atoms with Crippen molar-refractivity contribution < 1.29 is 0 Å². The highest BCUT2D eigenvalue weighted by atomic mass is 13.8. The van der Waals surface area contributed by atoms with E-state index in [0.29, 0.717) is 0 Å². The molecule has 0 heterocycles. The van der Waals surface area contributed by atoms with Crippen molar-refractivity contribution in [2.24, 2.45) is 0 Å². The minimum Gasteiger partial charge on any atom is -0.0844 e. The Morgan fingerprint density at radius 2 is 1.90 bits per heavy atom. The molecule has 1 aliphatic rings. The number of hydrogen-bond donors (Lipinski definition) is 0. The predicted molar refractivity (Wildman–Crippen MR) is 44.5 cm³/mol. The molecule has 0 spiro atoms. The van der Waals surface area contributed by atoms with E-state index in [2.05, 4.69) is 24.3 Å². The highest BCUT2D eigenvalue weighted by Crippen LogP contribution is 1.93. The van der Waals surface area contributed by atoms with E-state index in [0.717, 1.165) is 12.8 Å². The van der Waals surface area contributed by atoms with Crippen molar-refractivity contribution >= 4 is 0 Å². The Labute approximate surface area is 62.3 Å². The Morgan fingerprint density at radius 3 is 2.90 bits per heavy atom. The monoisotopic (exact) mass is 131 g/mol. The lowest BCUT2D eigenvalue weighted by Crippen LogP contribution is -1.63. The van der Waals surface area contributed by atoms with Crippen molar-refractivity contribution in [2.75, 3.05) is 0 Å². The maximum atomic E-state index is 3.12. The Hall–Kier alpha value is -1.04. The lowest BCUT2D eigenvalue weighted by molar-refractivity contribution is 1.28. The molecule has 0 saturated heterocycles. The molecule has 0 aliphatic heterocycles. The minimum atomic E-state index is 0.929. The van der Waals surface area contributed by atoms with Gasteiger partial charge in [-0.05, 0) is 18.9 Å². The van der Waals surface area contributed by atoms with E-state index in [-0.39, 0.29) is 0 Å². The van der Waals surface area contributed by atoms with Gasteiger partial charge in [-0.2, -0.15) is 0 Å². The fourth-order valence-electron chi connectivity index (χ4n) is 0.739. The van der Waals surface area contributed by atoms with Crippen molar-refractivity contribution in [3.8, 4) is 0 Å². The van der Waals surface area contributed by atoms with E-state index < -0.39 is 0 Å². The normalized spacial score (nSPS) is 30.4. The van der Waals surface area contributed by atoms with Crippen LogP contribution in [0.5, 0.6) is 0 Å². The SMILES string of the molecule is [C]1=C/C=C\C=C/C/C=C\C\1. The van der Waals surface area contributed by atoms with E-state index in [4.69, 9.17) is 0 Å². The van der Waals surface area contributed by atoms with Crippen molar-refractivity contribution in [1.82, 2.24) is 0 Å². The third kappa shape index (κ3) is 3.08. The quantitative estimate of drug-likeness (QED) is 0.443. The van der Waals surface area contributed by atoms with Crippen LogP contribution in [-0.2, 0) is 0 Å². The Balaban J connectivity index is 2.51.